The molecule has 0 radical (unpaired) electrons. The number of nitrogens with zero attached hydrogens (tertiary/aromatic N) is 2. The Hall–Kier alpha value is -1.36. The monoisotopic (exact) mass is 250 g/mol. The number of nitrogens with one attached hydrogen (secondary N) is 1. The molecular weight excluding hydrogens is 228 g/mol. The number of aryl methyl sites for hydroxylation is 1. The number of fused-ring (bicyclic) bond motifs is 1. The fraction of sp³-hybridized carbons (Fsp3) is 0.692. The molecule has 2 rings (SSSR count). The van der Waals surface area contributed by atoms with E-state index < -0.39 is 0 Å². The number of rotatable bonds is 4. The fourth-order valence-corrected chi connectivity index (χ4v) is 2.82. The quantitative estimate of drug-likeness (QED) is 0.826. The van der Waals surface area contributed by atoms with E-state index in [1.165, 1.54) is 5.69 Å². The molecule has 18 heavy (non-hydrogen) atoms. The van der Waals surface area contributed by atoms with Gasteiger partial charge in [-0.3, -0.25) is 4.79 Å². The minimum absolute atomic E-state index is 0.265. The lowest BCUT2D eigenvalue weighted by atomic mass is 9.98. The van der Waals surface area contributed by atoms with Gasteiger partial charge in [0.1, 0.15) is 5.82 Å². The molecule has 0 aromatic carbocycles. The molecule has 0 unspecified atom stereocenters. The molecular formula is C13H22N4O. The van der Waals surface area contributed by atoms with Crippen LogP contribution in [0.1, 0.15) is 44.4 Å². The van der Waals surface area contributed by atoms with Crippen LogP contribution < -0.4 is 11.1 Å². The lowest BCUT2D eigenvalue weighted by Crippen LogP contribution is -2.36. The molecule has 5 nitrogen and oxygen atoms in total. The third-order valence-electron chi connectivity index (χ3n) is 3.48. The minimum atomic E-state index is -0.297. The molecule has 0 spiro atoms. The van der Waals surface area contributed by atoms with Gasteiger partial charge in [-0.1, -0.05) is 6.92 Å². The Kier molecular flexibility index (Phi) is 3.43. The van der Waals surface area contributed by atoms with E-state index in [0.717, 1.165) is 37.4 Å². The maximum Gasteiger partial charge on any atom is 0.219 e. The van der Waals surface area contributed by atoms with Crippen molar-refractivity contribution in [2.24, 2.45) is 5.73 Å². The Bertz CT molecular complexity index is 462. The number of hydrogen-bond acceptors (Lipinski definition) is 3. The van der Waals surface area contributed by atoms with Gasteiger partial charge in [-0.05, 0) is 13.8 Å². The number of aromatic nitrogens is 2. The molecule has 0 bridgehead atoms. The zero-order chi connectivity index (χ0) is 13.3. The standard InChI is InChI=1S/C13H22N4O/c1-4-12-16-9-8-15-6-5-10(9)17(12)13(2,3)7-11(14)18/h15H,4-8H2,1-3H3,(H2,14,18). The fourth-order valence-electron chi connectivity index (χ4n) is 2.82. The van der Waals surface area contributed by atoms with Crippen LogP contribution in [-0.4, -0.2) is 22.0 Å². The average molecular weight is 250 g/mol. The van der Waals surface area contributed by atoms with Crippen molar-refractivity contribution < 1.29 is 4.79 Å². The third kappa shape index (κ3) is 2.27. The number of primary amides is 1. The largest absolute Gasteiger partial charge is 0.370 e. The second-order valence-corrected chi connectivity index (χ2v) is 5.49. The second-order valence-electron chi connectivity index (χ2n) is 5.49. The average Bonchev–Trinajstić information content (AvgIpc) is 2.66. The number of amides is 1. The van der Waals surface area contributed by atoms with E-state index in [4.69, 9.17) is 10.7 Å². The molecule has 5 heteroatoms. The summed E-state index contributed by atoms with van der Waals surface area (Å²) >= 11 is 0. The Morgan fingerprint density at radius 1 is 1.56 bits per heavy atom. The molecule has 0 atom stereocenters. The smallest absolute Gasteiger partial charge is 0.219 e. The molecule has 1 aromatic rings. The van der Waals surface area contributed by atoms with E-state index in [-0.39, 0.29) is 11.4 Å². The van der Waals surface area contributed by atoms with Gasteiger partial charge in [0.05, 0.1) is 5.69 Å². The van der Waals surface area contributed by atoms with Crippen LogP contribution in [0.15, 0.2) is 0 Å². The first kappa shape index (κ1) is 13.1. The van der Waals surface area contributed by atoms with Crippen molar-refractivity contribution in [1.82, 2.24) is 14.9 Å². The van der Waals surface area contributed by atoms with Crippen molar-refractivity contribution in [3.05, 3.63) is 17.2 Å². The molecule has 0 saturated heterocycles. The zero-order valence-electron chi connectivity index (χ0n) is 11.4. The molecule has 3 N–H and O–H groups in total. The van der Waals surface area contributed by atoms with Crippen LogP contribution in [0.3, 0.4) is 0 Å². The lowest BCUT2D eigenvalue weighted by Gasteiger charge is -2.30. The van der Waals surface area contributed by atoms with Gasteiger partial charge in [0.15, 0.2) is 0 Å². The summed E-state index contributed by atoms with van der Waals surface area (Å²) in [4.78, 5) is 15.9. The van der Waals surface area contributed by atoms with E-state index in [2.05, 4.69) is 30.7 Å². The maximum atomic E-state index is 11.3. The zero-order valence-corrected chi connectivity index (χ0v) is 11.4. The summed E-state index contributed by atoms with van der Waals surface area (Å²) < 4.78 is 2.23. The highest BCUT2D eigenvalue weighted by Crippen LogP contribution is 2.28. The summed E-state index contributed by atoms with van der Waals surface area (Å²) in [5, 5.41) is 3.33. The van der Waals surface area contributed by atoms with Gasteiger partial charge >= 0.3 is 0 Å². The normalized spacial score (nSPS) is 15.5. The van der Waals surface area contributed by atoms with Crippen LogP contribution in [-0.2, 0) is 29.7 Å². The highest BCUT2D eigenvalue weighted by atomic mass is 16.1. The predicted molar refractivity (Wildman–Crippen MR) is 70.1 cm³/mol. The van der Waals surface area contributed by atoms with Crippen LogP contribution in [0.4, 0.5) is 0 Å². The van der Waals surface area contributed by atoms with Crippen LogP contribution in [0, 0.1) is 0 Å². The topological polar surface area (TPSA) is 72.9 Å². The van der Waals surface area contributed by atoms with Crippen LogP contribution in [0.2, 0.25) is 0 Å². The first-order chi connectivity index (χ1) is 8.45. The lowest BCUT2D eigenvalue weighted by molar-refractivity contribution is -0.119. The van der Waals surface area contributed by atoms with Gasteiger partial charge in [0.2, 0.25) is 5.91 Å². The van der Waals surface area contributed by atoms with Gasteiger partial charge in [0, 0.05) is 43.6 Å². The van der Waals surface area contributed by atoms with E-state index in [9.17, 15) is 4.79 Å². The van der Waals surface area contributed by atoms with Crippen LogP contribution in [0.5, 0.6) is 0 Å². The van der Waals surface area contributed by atoms with E-state index >= 15 is 0 Å². The summed E-state index contributed by atoms with van der Waals surface area (Å²) in [6, 6.07) is 0. The van der Waals surface area contributed by atoms with Gasteiger partial charge in [-0.2, -0.15) is 0 Å². The van der Waals surface area contributed by atoms with E-state index in [0.29, 0.717) is 6.42 Å². The van der Waals surface area contributed by atoms with Gasteiger partial charge < -0.3 is 15.6 Å². The summed E-state index contributed by atoms with van der Waals surface area (Å²) in [7, 11) is 0. The van der Waals surface area contributed by atoms with Crippen molar-refractivity contribution in [3.63, 3.8) is 0 Å². The summed E-state index contributed by atoms with van der Waals surface area (Å²) in [6.07, 6.45) is 2.18. The van der Waals surface area contributed by atoms with Crippen LogP contribution >= 0.6 is 0 Å². The Morgan fingerprint density at radius 2 is 2.28 bits per heavy atom. The summed E-state index contributed by atoms with van der Waals surface area (Å²) in [6.45, 7) is 8.00. The first-order valence-corrected chi connectivity index (χ1v) is 6.54. The molecule has 0 fully saturated rings. The molecule has 1 aliphatic rings. The van der Waals surface area contributed by atoms with Crippen molar-refractivity contribution in [2.75, 3.05) is 6.54 Å². The minimum Gasteiger partial charge on any atom is -0.370 e. The Morgan fingerprint density at radius 3 is 2.89 bits per heavy atom. The van der Waals surface area contributed by atoms with Crippen molar-refractivity contribution in [2.45, 2.75) is 52.1 Å². The summed E-state index contributed by atoms with van der Waals surface area (Å²) in [5.74, 6) is 0.786. The molecule has 1 aromatic heterocycles. The van der Waals surface area contributed by atoms with Gasteiger partial charge in [-0.15, -0.1) is 0 Å². The number of carbonyl (C=O) groups excluding carboxylic acids is 1. The van der Waals surface area contributed by atoms with Gasteiger partial charge in [-0.25, -0.2) is 4.98 Å². The molecule has 0 saturated carbocycles. The Labute approximate surface area is 108 Å². The molecule has 1 aliphatic heterocycles. The van der Waals surface area contributed by atoms with E-state index in [1.807, 2.05) is 0 Å². The molecule has 0 aliphatic carbocycles. The molecule has 1 amide bonds. The van der Waals surface area contributed by atoms with Crippen molar-refractivity contribution in [1.29, 1.82) is 0 Å². The number of carbonyl (C=O) groups is 1. The molecule has 100 valence electrons. The highest BCUT2D eigenvalue weighted by molar-refractivity contribution is 5.74. The predicted octanol–water partition coefficient (Wildman–Crippen LogP) is 0.702. The van der Waals surface area contributed by atoms with Gasteiger partial charge in [0.25, 0.3) is 0 Å². The maximum absolute atomic E-state index is 11.3. The summed E-state index contributed by atoms with van der Waals surface area (Å²) in [5.41, 5.74) is 7.45. The van der Waals surface area contributed by atoms with Crippen molar-refractivity contribution >= 4 is 5.91 Å². The van der Waals surface area contributed by atoms with Crippen LogP contribution in [0.25, 0.3) is 0 Å². The number of imidazole rings is 1. The number of nitrogens with two attached hydrogens (primary N) is 1. The highest BCUT2D eigenvalue weighted by Gasteiger charge is 2.30. The van der Waals surface area contributed by atoms with Crippen molar-refractivity contribution in [3.8, 4) is 0 Å². The SMILES string of the molecule is CCc1nc2c(n1C(C)(C)CC(N)=O)CCNC2. The second kappa shape index (κ2) is 4.72. The van der Waals surface area contributed by atoms with E-state index in [1.54, 1.807) is 0 Å². The number of hydrogen-bond donors (Lipinski definition) is 2. The molecule has 2 heterocycles. The Balaban J connectivity index is 2.47. The third-order valence-corrected chi connectivity index (χ3v) is 3.48. The first-order valence-electron chi connectivity index (χ1n) is 6.54.